The Bertz CT molecular complexity index is 913. The van der Waals surface area contributed by atoms with E-state index in [1.807, 2.05) is 13.0 Å². The van der Waals surface area contributed by atoms with Gasteiger partial charge in [0.25, 0.3) is 0 Å². The molecule has 0 spiro atoms. The van der Waals surface area contributed by atoms with Gasteiger partial charge in [-0.3, -0.25) is 15.1 Å². The molecule has 0 fully saturated rings. The van der Waals surface area contributed by atoms with Crippen LogP contribution in [0.15, 0.2) is 48.7 Å². The maximum absolute atomic E-state index is 11.3. The van der Waals surface area contributed by atoms with Crippen molar-refractivity contribution in [3.63, 3.8) is 0 Å². The summed E-state index contributed by atoms with van der Waals surface area (Å²) in [5, 5.41) is 11.3. The van der Waals surface area contributed by atoms with Crippen molar-refractivity contribution < 1.29 is 9.66 Å². The van der Waals surface area contributed by atoms with Gasteiger partial charge in [-0.25, -0.2) is 4.98 Å². The van der Waals surface area contributed by atoms with Crippen LogP contribution in [0.2, 0.25) is 0 Å². The van der Waals surface area contributed by atoms with Gasteiger partial charge in [0.2, 0.25) is 11.6 Å². The van der Waals surface area contributed by atoms with Crippen molar-refractivity contribution in [1.82, 2.24) is 15.0 Å². The van der Waals surface area contributed by atoms with E-state index in [0.29, 0.717) is 23.5 Å². The molecular weight excluding hydrogens is 320 g/mol. The van der Waals surface area contributed by atoms with Gasteiger partial charge < -0.3 is 4.74 Å². The molecule has 2 aromatic heterocycles. The fraction of sp³-hybridized carbons (Fsp3) is 0.167. The number of rotatable bonds is 5. The van der Waals surface area contributed by atoms with Crippen LogP contribution in [-0.2, 0) is 6.42 Å². The number of hydrogen-bond donors (Lipinski definition) is 0. The number of ether oxygens (including phenoxy) is 1. The minimum absolute atomic E-state index is 0.0708. The predicted octanol–water partition coefficient (Wildman–Crippen LogP) is 4.11. The zero-order valence-corrected chi connectivity index (χ0v) is 13.8. The van der Waals surface area contributed by atoms with E-state index in [-0.39, 0.29) is 17.3 Å². The minimum atomic E-state index is -0.452. The number of nitrogens with zero attached hydrogens (tertiary/aromatic N) is 4. The third-order valence-corrected chi connectivity index (χ3v) is 3.61. The third-order valence-electron chi connectivity index (χ3n) is 3.61. The van der Waals surface area contributed by atoms with Crippen molar-refractivity contribution >= 4 is 5.69 Å². The summed E-state index contributed by atoms with van der Waals surface area (Å²) in [7, 11) is 0. The lowest BCUT2D eigenvalue weighted by molar-refractivity contribution is -0.386. The lowest BCUT2D eigenvalue weighted by Crippen LogP contribution is -2.01. The van der Waals surface area contributed by atoms with Gasteiger partial charge in [0, 0.05) is 23.5 Å². The first kappa shape index (κ1) is 16.5. The van der Waals surface area contributed by atoms with E-state index in [1.54, 1.807) is 49.5 Å². The Morgan fingerprint density at radius 3 is 2.68 bits per heavy atom. The predicted molar refractivity (Wildman–Crippen MR) is 92.5 cm³/mol. The second kappa shape index (κ2) is 7.04. The molecule has 1 aromatic carbocycles. The molecule has 126 valence electrons. The first-order valence-corrected chi connectivity index (χ1v) is 7.79. The number of para-hydroxylation sites is 1. The zero-order chi connectivity index (χ0) is 17.8. The molecule has 0 unspecified atom stereocenters. The number of hydrogen-bond acceptors (Lipinski definition) is 6. The van der Waals surface area contributed by atoms with Crippen LogP contribution in [0, 0.1) is 17.0 Å². The van der Waals surface area contributed by atoms with E-state index in [2.05, 4.69) is 15.0 Å². The lowest BCUT2D eigenvalue weighted by Gasteiger charge is -2.09. The summed E-state index contributed by atoms with van der Waals surface area (Å²) in [6.45, 7) is 3.63. The number of nitro groups is 1. The fourth-order valence-corrected chi connectivity index (χ4v) is 2.38. The fourth-order valence-electron chi connectivity index (χ4n) is 2.38. The van der Waals surface area contributed by atoms with E-state index in [9.17, 15) is 10.1 Å². The largest absolute Gasteiger partial charge is 0.432 e. The third kappa shape index (κ3) is 3.60. The number of aryl methyl sites for hydroxylation is 2. The van der Waals surface area contributed by atoms with E-state index in [1.165, 1.54) is 0 Å². The highest BCUT2D eigenvalue weighted by atomic mass is 16.6. The summed E-state index contributed by atoms with van der Waals surface area (Å²) in [4.78, 5) is 23.9. The number of pyridine rings is 1. The summed E-state index contributed by atoms with van der Waals surface area (Å²) in [5.41, 5.74) is 1.83. The van der Waals surface area contributed by atoms with Crippen LogP contribution in [0.5, 0.6) is 11.6 Å². The van der Waals surface area contributed by atoms with Crippen molar-refractivity contribution in [3.8, 4) is 23.1 Å². The topological polar surface area (TPSA) is 91.0 Å². The Kier molecular flexibility index (Phi) is 4.65. The smallest absolute Gasteiger partial charge is 0.314 e. The maximum Gasteiger partial charge on any atom is 0.314 e. The monoisotopic (exact) mass is 336 g/mol. The molecule has 0 radical (unpaired) electrons. The van der Waals surface area contributed by atoms with Gasteiger partial charge in [-0.2, -0.15) is 4.98 Å². The van der Waals surface area contributed by atoms with Crippen molar-refractivity contribution in [2.45, 2.75) is 20.3 Å². The maximum atomic E-state index is 11.3. The average molecular weight is 336 g/mol. The molecule has 7 heteroatoms. The quantitative estimate of drug-likeness (QED) is 0.514. The molecule has 0 aliphatic heterocycles. The summed E-state index contributed by atoms with van der Waals surface area (Å²) in [6, 6.07) is 12.1. The van der Waals surface area contributed by atoms with E-state index < -0.39 is 4.92 Å². The summed E-state index contributed by atoms with van der Waals surface area (Å²) in [5.74, 6) is 0.823. The average Bonchev–Trinajstić information content (AvgIpc) is 2.62. The molecule has 2 heterocycles. The first-order chi connectivity index (χ1) is 12.1. The zero-order valence-electron chi connectivity index (χ0n) is 13.8. The van der Waals surface area contributed by atoms with Gasteiger partial charge in [-0.15, -0.1) is 0 Å². The molecule has 0 amide bonds. The second-order valence-electron chi connectivity index (χ2n) is 5.37. The highest BCUT2D eigenvalue weighted by molar-refractivity contribution is 5.54. The van der Waals surface area contributed by atoms with Crippen LogP contribution in [0.1, 0.15) is 18.2 Å². The normalized spacial score (nSPS) is 10.5. The molecule has 3 aromatic rings. The molecule has 0 saturated carbocycles. The van der Waals surface area contributed by atoms with Gasteiger partial charge in [0.15, 0.2) is 5.82 Å². The second-order valence-corrected chi connectivity index (χ2v) is 5.37. The molecule has 3 rings (SSSR count). The Balaban J connectivity index is 2.04. The highest BCUT2D eigenvalue weighted by Crippen LogP contribution is 2.33. The van der Waals surface area contributed by atoms with Gasteiger partial charge in [-0.05, 0) is 31.5 Å². The van der Waals surface area contributed by atoms with Crippen molar-refractivity contribution in [3.05, 3.63) is 70.0 Å². The molecule has 0 aliphatic carbocycles. The number of benzene rings is 1. The number of nitro benzene ring substituents is 1. The summed E-state index contributed by atoms with van der Waals surface area (Å²) < 4.78 is 5.74. The Hall–Kier alpha value is -3.35. The Labute approximate surface area is 144 Å². The molecule has 25 heavy (non-hydrogen) atoms. The van der Waals surface area contributed by atoms with Gasteiger partial charge in [-0.1, -0.05) is 25.1 Å². The standard InChI is InChI=1S/C18H16N4O3/c1-3-13-11-16(21-18(20-13)14-8-4-5-10-19-14)25-15-9-6-7-12(2)17(15)22(23)24/h4-11H,3H2,1-2H3. The van der Waals surface area contributed by atoms with Gasteiger partial charge in [0.05, 0.1) is 4.92 Å². The Morgan fingerprint density at radius 2 is 2.00 bits per heavy atom. The SMILES string of the molecule is CCc1cc(Oc2cccc(C)c2[N+](=O)[O-])nc(-c2ccccn2)n1. The van der Waals surface area contributed by atoms with Gasteiger partial charge >= 0.3 is 5.69 Å². The van der Waals surface area contributed by atoms with E-state index in [0.717, 1.165) is 5.69 Å². The summed E-state index contributed by atoms with van der Waals surface area (Å²) >= 11 is 0. The lowest BCUT2D eigenvalue weighted by atomic mass is 10.2. The van der Waals surface area contributed by atoms with Crippen LogP contribution in [0.3, 0.4) is 0 Å². The molecule has 0 atom stereocenters. The van der Waals surface area contributed by atoms with Gasteiger partial charge in [0.1, 0.15) is 5.69 Å². The Morgan fingerprint density at radius 1 is 1.16 bits per heavy atom. The molecule has 7 nitrogen and oxygen atoms in total. The van der Waals surface area contributed by atoms with Crippen LogP contribution in [0.25, 0.3) is 11.5 Å². The highest BCUT2D eigenvalue weighted by Gasteiger charge is 2.20. The molecular formula is C18H16N4O3. The van der Waals surface area contributed by atoms with Crippen LogP contribution in [0.4, 0.5) is 5.69 Å². The van der Waals surface area contributed by atoms with E-state index in [4.69, 9.17) is 4.74 Å². The van der Waals surface area contributed by atoms with Crippen molar-refractivity contribution in [1.29, 1.82) is 0 Å². The van der Waals surface area contributed by atoms with Crippen LogP contribution < -0.4 is 4.74 Å². The molecule has 0 aliphatic rings. The summed E-state index contributed by atoms with van der Waals surface area (Å²) in [6.07, 6.45) is 2.33. The number of aromatic nitrogens is 3. The van der Waals surface area contributed by atoms with Crippen LogP contribution in [-0.4, -0.2) is 19.9 Å². The first-order valence-electron chi connectivity index (χ1n) is 7.79. The van der Waals surface area contributed by atoms with Crippen LogP contribution >= 0.6 is 0 Å². The minimum Gasteiger partial charge on any atom is -0.432 e. The molecule has 0 bridgehead atoms. The van der Waals surface area contributed by atoms with E-state index >= 15 is 0 Å². The van der Waals surface area contributed by atoms with Crippen molar-refractivity contribution in [2.75, 3.05) is 0 Å². The molecule has 0 N–H and O–H groups in total. The molecule has 0 saturated heterocycles. The van der Waals surface area contributed by atoms with Crippen molar-refractivity contribution in [2.24, 2.45) is 0 Å².